The molecule has 0 fully saturated rings. The predicted octanol–water partition coefficient (Wildman–Crippen LogP) is 5.93. The van der Waals surface area contributed by atoms with Gasteiger partial charge in [0.2, 0.25) is 0 Å². The van der Waals surface area contributed by atoms with Crippen molar-refractivity contribution in [2.75, 3.05) is 7.11 Å². The summed E-state index contributed by atoms with van der Waals surface area (Å²) in [5.74, 6) is -1.17. The van der Waals surface area contributed by atoms with Crippen LogP contribution in [0.1, 0.15) is 5.69 Å². The fourth-order valence-electron chi connectivity index (χ4n) is 3.66. The van der Waals surface area contributed by atoms with Gasteiger partial charge < -0.3 is 14.7 Å². The van der Waals surface area contributed by atoms with Crippen molar-refractivity contribution < 1.29 is 32.2 Å². The molecule has 0 unspecified atom stereocenters. The number of benzene rings is 3. The molecule has 0 aliphatic carbocycles. The van der Waals surface area contributed by atoms with Crippen molar-refractivity contribution in [1.29, 1.82) is 0 Å². The first-order chi connectivity index (χ1) is 15.6. The first-order valence-electron chi connectivity index (χ1n) is 9.68. The van der Waals surface area contributed by atoms with E-state index in [4.69, 9.17) is 4.74 Å². The molecule has 0 aliphatic rings. The van der Waals surface area contributed by atoms with Crippen LogP contribution in [0.25, 0.3) is 33.2 Å². The van der Waals surface area contributed by atoms with Crippen molar-refractivity contribution in [2.45, 2.75) is 13.3 Å². The molecule has 0 atom stereocenters. The van der Waals surface area contributed by atoms with E-state index in [0.717, 1.165) is 10.8 Å². The summed E-state index contributed by atoms with van der Waals surface area (Å²) in [6, 6.07) is 14.3. The van der Waals surface area contributed by atoms with E-state index in [1.54, 1.807) is 31.2 Å². The van der Waals surface area contributed by atoms with Crippen molar-refractivity contribution in [1.82, 2.24) is 4.73 Å². The van der Waals surface area contributed by atoms with Gasteiger partial charge in [-0.05, 0) is 41.8 Å². The molecule has 5 nitrogen and oxygen atoms in total. The normalized spacial score (nSPS) is 11.6. The standard InChI is InChI=1S/C24H17F4NO4/c1-13-22(23(30)18-11-19(25)21(32-2)12-20(18)29(13)31)16-5-3-14(4-6-16)15-7-9-17(10-8-15)33-24(26,27)28/h3-12,31H,1-2H3. The highest BCUT2D eigenvalue weighted by Gasteiger charge is 2.31. The maximum absolute atomic E-state index is 14.2. The number of rotatable bonds is 4. The van der Waals surface area contributed by atoms with Crippen LogP contribution < -0.4 is 14.9 Å². The largest absolute Gasteiger partial charge is 0.573 e. The third-order valence-corrected chi connectivity index (χ3v) is 5.24. The number of nitrogens with zero attached hydrogens (tertiary/aromatic N) is 1. The van der Waals surface area contributed by atoms with Crippen LogP contribution in [0, 0.1) is 12.7 Å². The van der Waals surface area contributed by atoms with Gasteiger partial charge in [0.1, 0.15) is 5.75 Å². The molecule has 0 saturated heterocycles. The van der Waals surface area contributed by atoms with E-state index >= 15 is 0 Å². The van der Waals surface area contributed by atoms with Gasteiger partial charge in [-0.3, -0.25) is 4.79 Å². The van der Waals surface area contributed by atoms with Crippen LogP contribution in [0.5, 0.6) is 11.5 Å². The van der Waals surface area contributed by atoms with E-state index in [1.807, 2.05) is 0 Å². The molecule has 0 amide bonds. The summed E-state index contributed by atoms with van der Waals surface area (Å²) in [5, 5.41) is 10.6. The lowest BCUT2D eigenvalue weighted by molar-refractivity contribution is -0.274. The Morgan fingerprint density at radius 1 is 0.909 bits per heavy atom. The number of hydrogen-bond acceptors (Lipinski definition) is 4. The summed E-state index contributed by atoms with van der Waals surface area (Å²) in [7, 11) is 1.28. The summed E-state index contributed by atoms with van der Waals surface area (Å²) >= 11 is 0. The summed E-state index contributed by atoms with van der Waals surface area (Å²) < 4.78 is 60.8. The van der Waals surface area contributed by atoms with E-state index in [-0.39, 0.29) is 33.7 Å². The number of pyridine rings is 1. The molecule has 0 bridgehead atoms. The minimum atomic E-state index is -4.77. The molecule has 1 N–H and O–H groups in total. The van der Waals surface area contributed by atoms with Crippen molar-refractivity contribution in [3.05, 3.63) is 82.4 Å². The SMILES string of the molecule is COc1cc2c(cc1F)c(=O)c(-c1ccc(-c3ccc(OC(F)(F)F)cc3)cc1)c(C)n2O. The number of alkyl halides is 3. The molecule has 0 radical (unpaired) electrons. The molecular formula is C24H17F4NO4. The van der Waals surface area contributed by atoms with Crippen LogP contribution in [0.3, 0.4) is 0 Å². The molecule has 4 rings (SSSR count). The molecule has 0 aliphatic heterocycles. The number of methoxy groups -OCH3 is 1. The fraction of sp³-hybridized carbons (Fsp3) is 0.125. The molecule has 170 valence electrons. The van der Waals surface area contributed by atoms with Gasteiger partial charge in [0, 0.05) is 6.07 Å². The molecule has 1 aromatic heterocycles. The lowest BCUT2D eigenvalue weighted by Crippen LogP contribution is -2.16. The fourth-order valence-corrected chi connectivity index (χ4v) is 3.66. The zero-order valence-corrected chi connectivity index (χ0v) is 17.4. The van der Waals surface area contributed by atoms with Crippen LogP contribution in [0.4, 0.5) is 17.6 Å². The van der Waals surface area contributed by atoms with Crippen molar-refractivity contribution in [3.8, 4) is 33.8 Å². The number of aromatic nitrogens is 1. The highest BCUT2D eigenvalue weighted by molar-refractivity contribution is 5.86. The Bertz CT molecular complexity index is 1390. The zero-order chi connectivity index (χ0) is 23.9. The molecule has 4 aromatic rings. The quantitative estimate of drug-likeness (QED) is 0.304. The minimum Gasteiger partial charge on any atom is -0.494 e. The maximum Gasteiger partial charge on any atom is 0.573 e. The Labute approximate surface area is 185 Å². The van der Waals surface area contributed by atoms with Crippen molar-refractivity contribution in [3.63, 3.8) is 0 Å². The summed E-state index contributed by atoms with van der Waals surface area (Å²) in [4.78, 5) is 13.1. The van der Waals surface area contributed by atoms with Gasteiger partial charge in [0.05, 0.1) is 29.3 Å². The molecule has 33 heavy (non-hydrogen) atoms. The first kappa shape index (κ1) is 22.2. The second-order valence-electron chi connectivity index (χ2n) is 7.25. The van der Waals surface area contributed by atoms with E-state index < -0.39 is 17.6 Å². The lowest BCUT2D eigenvalue weighted by atomic mass is 9.98. The summed E-state index contributed by atoms with van der Waals surface area (Å²) in [6.07, 6.45) is -4.77. The first-order valence-corrected chi connectivity index (χ1v) is 9.68. The predicted molar refractivity (Wildman–Crippen MR) is 114 cm³/mol. The van der Waals surface area contributed by atoms with Gasteiger partial charge in [-0.25, -0.2) is 4.39 Å². The molecule has 0 spiro atoms. The Kier molecular flexibility index (Phi) is 5.49. The van der Waals surface area contributed by atoms with Gasteiger partial charge in [-0.15, -0.1) is 13.2 Å². The van der Waals surface area contributed by atoms with Crippen LogP contribution in [-0.4, -0.2) is 23.4 Å². The van der Waals surface area contributed by atoms with Crippen molar-refractivity contribution >= 4 is 10.9 Å². The molecular weight excluding hydrogens is 442 g/mol. The molecule has 1 heterocycles. The van der Waals surface area contributed by atoms with Crippen LogP contribution in [0.2, 0.25) is 0 Å². The smallest absolute Gasteiger partial charge is 0.494 e. The summed E-state index contributed by atoms with van der Waals surface area (Å²) in [6.45, 7) is 1.55. The van der Waals surface area contributed by atoms with E-state index in [0.29, 0.717) is 16.7 Å². The van der Waals surface area contributed by atoms with Gasteiger partial charge >= 0.3 is 6.36 Å². The van der Waals surface area contributed by atoms with Crippen LogP contribution in [0.15, 0.2) is 65.5 Å². The number of ether oxygens (including phenoxy) is 2. The lowest BCUT2D eigenvalue weighted by Gasteiger charge is -2.14. The number of halogens is 4. The summed E-state index contributed by atoms with van der Waals surface area (Å²) in [5.41, 5.74) is 1.90. The maximum atomic E-state index is 14.2. The topological polar surface area (TPSA) is 60.7 Å². The Hall–Kier alpha value is -4.01. The van der Waals surface area contributed by atoms with Gasteiger partial charge in [0.25, 0.3) is 0 Å². The van der Waals surface area contributed by atoms with Gasteiger partial charge in [-0.2, -0.15) is 4.73 Å². The highest BCUT2D eigenvalue weighted by atomic mass is 19.4. The van der Waals surface area contributed by atoms with E-state index in [2.05, 4.69) is 4.74 Å². The van der Waals surface area contributed by atoms with Gasteiger partial charge in [0.15, 0.2) is 17.0 Å². The second-order valence-corrected chi connectivity index (χ2v) is 7.25. The zero-order valence-electron chi connectivity index (χ0n) is 17.4. The molecule has 0 saturated carbocycles. The van der Waals surface area contributed by atoms with Gasteiger partial charge in [-0.1, -0.05) is 36.4 Å². The average Bonchev–Trinajstić information content (AvgIpc) is 2.77. The van der Waals surface area contributed by atoms with E-state index in [1.165, 1.54) is 37.4 Å². The third-order valence-electron chi connectivity index (χ3n) is 5.24. The molecule has 9 heteroatoms. The third kappa shape index (κ3) is 4.21. The Morgan fingerprint density at radius 2 is 1.45 bits per heavy atom. The Balaban J connectivity index is 1.73. The molecule has 3 aromatic carbocycles. The average molecular weight is 459 g/mol. The minimum absolute atomic E-state index is 0.0132. The van der Waals surface area contributed by atoms with Crippen LogP contribution >= 0.6 is 0 Å². The highest BCUT2D eigenvalue weighted by Crippen LogP contribution is 2.30. The van der Waals surface area contributed by atoms with E-state index in [9.17, 15) is 27.6 Å². The van der Waals surface area contributed by atoms with Crippen LogP contribution in [-0.2, 0) is 0 Å². The number of fused-ring (bicyclic) bond motifs is 1. The Morgan fingerprint density at radius 3 is 2.00 bits per heavy atom. The van der Waals surface area contributed by atoms with Crippen molar-refractivity contribution in [2.24, 2.45) is 0 Å². The number of hydrogen-bond donors (Lipinski definition) is 1. The second kappa shape index (κ2) is 8.16. The monoisotopic (exact) mass is 459 g/mol.